The summed E-state index contributed by atoms with van der Waals surface area (Å²) in [7, 11) is -3.56. The molecule has 1 aliphatic heterocycles. The summed E-state index contributed by atoms with van der Waals surface area (Å²) in [5, 5.41) is 8.77. The van der Waals surface area contributed by atoms with Gasteiger partial charge >= 0.3 is 5.97 Å². The highest BCUT2D eigenvalue weighted by atomic mass is 32.2. The van der Waals surface area contributed by atoms with Gasteiger partial charge in [0.15, 0.2) is 0 Å². The first kappa shape index (κ1) is 13.1. The lowest BCUT2D eigenvalue weighted by Gasteiger charge is -2.14. The van der Waals surface area contributed by atoms with E-state index in [0.717, 1.165) is 18.9 Å². The van der Waals surface area contributed by atoms with Crippen LogP contribution in [0.4, 0.5) is 0 Å². The number of carboxylic acid groups (broad SMARTS) is 1. The zero-order chi connectivity index (χ0) is 13.3. The molecule has 0 aromatic carbocycles. The predicted molar refractivity (Wildman–Crippen MR) is 64.9 cm³/mol. The highest BCUT2D eigenvalue weighted by molar-refractivity contribution is 7.89. The Labute approximate surface area is 106 Å². The average molecular weight is 272 g/mol. The van der Waals surface area contributed by atoms with Gasteiger partial charge in [-0.15, -0.1) is 0 Å². The SMILES string of the molecule is CCC1CCN(S(=O)(=O)c2c[nH]c(C(=O)O)c2)C1. The van der Waals surface area contributed by atoms with Crippen molar-refractivity contribution in [1.29, 1.82) is 0 Å². The molecule has 1 saturated heterocycles. The number of aromatic amines is 1. The van der Waals surface area contributed by atoms with E-state index in [4.69, 9.17) is 5.11 Å². The Kier molecular flexibility index (Phi) is 3.45. The van der Waals surface area contributed by atoms with Crippen LogP contribution in [0.5, 0.6) is 0 Å². The Balaban J connectivity index is 2.23. The third-order valence-corrected chi connectivity index (χ3v) is 5.19. The highest BCUT2D eigenvalue weighted by Gasteiger charge is 2.32. The Bertz CT molecular complexity index is 549. The monoisotopic (exact) mass is 272 g/mol. The highest BCUT2D eigenvalue weighted by Crippen LogP contribution is 2.26. The minimum atomic E-state index is -3.56. The van der Waals surface area contributed by atoms with Crippen molar-refractivity contribution in [3.63, 3.8) is 0 Å². The lowest BCUT2D eigenvalue weighted by atomic mass is 10.1. The van der Waals surface area contributed by atoms with Gasteiger partial charge in [-0.3, -0.25) is 0 Å². The largest absolute Gasteiger partial charge is 0.477 e. The molecular formula is C11H16N2O4S. The summed E-state index contributed by atoms with van der Waals surface area (Å²) in [6.07, 6.45) is 3.06. The lowest BCUT2D eigenvalue weighted by Crippen LogP contribution is -2.28. The number of nitrogens with zero attached hydrogens (tertiary/aromatic N) is 1. The molecule has 1 atom stereocenters. The van der Waals surface area contributed by atoms with Gasteiger partial charge in [0, 0.05) is 19.3 Å². The van der Waals surface area contributed by atoms with E-state index in [-0.39, 0.29) is 10.6 Å². The van der Waals surface area contributed by atoms with Gasteiger partial charge in [-0.2, -0.15) is 4.31 Å². The molecule has 7 heteroatoms. The molecule has 100 valence electrons. The summed E-state index contributed by atoms with van der Waals surface area (Å²) in [4.78, 5) is 13.2. The molecule has 1 fully saturated rings. The van der Waals surface area contributed by atoms with E-state index in [1.54, 1.807) is 0 Å². The van der Waals surface area contributed by atoms with Crippen LogP contribution in [0.15, 0.2) is 17.2 Å². The third kappa shape index (κ3) is 2.28. The minimum absolute atomic E-state index is 0.0247. The van der Waals surface area contributed by atoms with Gasteiger partial charge in [0.2, 0.25) is 10.0 Å². The number of aromatic nitrogens is 1. The molecule has 18 heavy (non-hydrogen) atoms. The fourth-order valence-electron chi connectivity index (χ4n) is 2.14. The zero-order valence-electron chi connectivity index (χ0n) is 10.1. The Morgan fingerprint density at radius 1 is 1.61 bits per heavy atom. The van der Waals surface area contributed by atoms with Gasteiger partial charge in [0.1, 0.15) is 10.6 Å². The van der Waals surface area contributed by atoms with Crippen molar-refractivity contribution in [3.8, 4) is 0 Å². The fourth-order valence-corrected chi connectivity index (χ4v) is 3.67. The maximum atomic E-state index is 12.2. The van der Waals surface area contributed by atoms with E-state index in [1.165, 1.54) is 10.5 Å². The minimum Gasteiger partial charge on any atom is -0.477 e. The van der Waals surface area contributed by atoms with Gasteiger partial charge in [0.25, 0.3) is 0 Å². The summed E-state index contributed by atoms with van der Waals surface area (Å²) < 4.78 is 25.9. The molecule has 0 radical (unpaired) electrons. The van der Waals surface area contributed by atoms with Gasteiger partial charge in [-0.05, 0) is 18.4 Å². The van der Waals surface area contributed by atoms with Crippen LogP contribution in [0.3, 0.4) is 0 Å². The molecular weight excluding hydrogens is 256 g/mol. The number of sulfonamides is 1. The number of rotatable bonds is 4. The van der Waals surface area contributed by atoms with Crippen LogP contribution in [0.1, 0.15) is 30.3 Å². The number of nitrogens with one attached hydrogen (secondary N) is 1. The quantitative estimate of drug-likeness (QED) is 0.859. The molecule has 0 amide bonds. The molecule has 2 rings (SSSR count). The van der Waals surface area contributed by atoms with Gasteiger partial charge in [-0.25, -0.2) is 13.2 Å². The first-order valence-corrected chi connectivity index (χ1v) is 7.31. The van der Waals surface area contributed by atoms with E-state index >= 15 is 0 Å². The lowest BCUT2D eigenvalue weighted by molar-refractivity contribution is 0.0691. The topological polar surface area (TPSA) is 90.5 Å². The van der Waals surface area contributed by atoms with Crippen molar-refractivity contribution in [2.24, 2.45) is 5.92 Å². The summed E-state index contributed by atoms with van der Waals surface area (Å²) in [5.41, 5.74) is -0.111. The van der Waals surface area contributed by atoms with Crippen LogP contribution >= 0.6 is 0 Å². The number of carbonyl (C=O) groups is 1. The van der Waals surface area contributed by atoms with Crippen LogP contribution in [-0.2, 0) is 10.0 Å². The summed E-state index contributed by atoms with van der Waals surface area (Å²) in [5.74, 6) is -0.762. The second-order valence-electron chi connectivity index (χ2n) is 4.48. The number of aromatic carboxylic acids is 1. The van der Waals surface area contributed by atoms with E-state index in [1.807, 2.05) is 6.92 Å². The van der Waals surface area contributed by atoms with Crippen molar-refractivity contribution in [1.82, 2.24) is 9.29 Å². The van der Waals surface area contributed by atoms with Crippen molar-refractivity contribution in [2.45, 2.75) is 24.7 Å². The number of hydrogen-bond acceptors (Lipinski definition) is 3. The smallest absolute Gasteiger partial charge is 0.352 e. The first-order chi connectivity index (χ1) is 8.45. The maximum Gasteiger partial charge on any atom is 0.352 e. The van der Waals surface area contributed by atoms with Crippen molar-refractivity contribution < 1.29 is 18.3 Å². The number of hydrogen-bond donors (Lipinski definition) is 2. The molecule has 0 spiro atoms. The van der Waals surface area contributed by atoms with Crippen molar-refractivity contribution in [3.05, 3.63) is 18.0 Å². The van der Waals surface area contributed by atoms with Crippen molar-refractivity contribution in [2.75, 3.05) is 13.1 Å². The molecule has 1 aliphatic rings. The van der Waals surface area contributed by atoms with Gasteiger partial charge < -0.3 is 10.1 Å². The van der Waals surface area contributed by atoms with E-state index in [0.29, 0.717) is 19.0 Å². The maximum absolute atomic E-state index is 12.2. The predicted octanol–water partition coefficient (Wildman–Crippen LogP) is 1.13. The summed E-state index contributed by atoms with van der Waals surface area (Å²) >= 11 is 0. The zero-order valence-corrected chi connectivity index (χ0v) is 10.9. The van der Waals surface area contributed by atoms with Gasteiger partial charge in [-0.1, -0.05) is 13.3 Å². The van der Waals surface area contributed by atoms with E-state index in [9.17, 15) is 13.2 Å². The second-order valence-corrected chi connectivity index (χ2v) is 6.42. The van der Waals surface area contributed by atoms with Crippen LogP contribution in [0.25, 0.3) is 0 Å². The molecule has 2 N–H and O–H groups in total. The molecule has 1 aromatic rings. The van der Waals surface area contributed by atoms with E-state index in [2.05, 4.69) is 4.98 Å². The Hall–Kier alpha value is -1.34. The van der Waals surface area contributed by atoms with E-state index < -0.39 is 16.0 Å². The van der Waals surface area contributed by atoms with Crippen LogP contribution in [0.2, 0.25) is 0 Å². The standard InChI is InChI=1S/C11H16N2O4S/c1-2-8-3-4-13(7-8)18(16,17)9-5-10(11(14)15)12-6-9/h5-6,8,12H,2-4,7H2,1H3,(H,14,15). The molecule has 2 heterocycles. The summed E-state index contributed by atoms with van der Waals surface area (Å²) in [6.45, 7) is 3.07. The fraction of sp³-hybridized carbons (Fsp3) is 0.545. The first-order valence-electron chi connectivity index (χ1n) is 5.87. The van der Waals surface area contributed by atoms with Crippen LogP contribution < -0.4 is 0 Å². The van der Waals surface area contributed by atoms with Crippen molar-refractivity contribution >= 4 is 16.0 Å². The van der Waals surface area contributed by atoms with Crippen LogP contribution in [-0.4, -0.2) is 41.9 Å². The summed E-state index contributed by atoms with van der Waals surface area (Å²) in [6, 6.07) is 1.16. The van der Waals surface area contributed by atoms with Crippen LogP contribution in [0, 0.1) is 5.92 Å². The molecule has 6 nitrogen and oxygen atoms in total. The molecule has 1 unspecified atom stereocenters. The normalized spacial score (nSPS) is 21.3. The molecule has 0 bridgehead atoms. The number of carboxylic acids is 1. The second kappa shape index (κ2) is 4.74. The Morgan fingerprint density at radius 3 is 2.83 bits per heavy atom. The average Bonchev–Trinajstić information content (AvgIpc) is 2.98. The van der Waals surface area contributed by atoms with Gasteiger partial charge in [0.05, 0.1) is 0 Å². The molecule has 1 aromatic heterocycles. The third-order valence-electron chi connectivity index (χ3n) is 3.35. The Morgan fingerprint density at radius 2 is 2.33 bits per heavy atom. The molecule has 0 saturated carbocycles. The molecule has 0 aliphatic carbocycles. The number of H-pyrrole nitrogens is 1.